The lowest BCUT2D eigenvalue weighted by Crippen LogP contribution is -2.34. The van der Waals surface area contributed by atoms with Crippen molar-refractivity contribution in [3.63, 3.8) is 0 Å². The summed E-state index contributed by atoms with van der Waals surface area (Å²) in [5, 5.41) is 12.0. The molecule has 1 saturated heterocycles. The second-order valence-corrected chi connectivity index (χ2v) is 4.72. The molecular weight excluding hydrogens is 246 g/mol. The molecule has 19 heavy (non-hydrogen) atoms. The van der Waals surface area contributed by atoms with Gasteiger partial charge in [0.15, 0.2) is 0 Å². The zero-order valence-electron chi connectivity index (χ0n) is 10.7. The molecule has 0 amide bonds. The minimum atomic E-state index is -1.00. The van der Waals surface area contributed by atoms with Gasteiger partial charge in [-0.3, -0.25) is 4.79 Å². The average Bonchev–Trinajstić information content (AvgIpc) is 2.42. The lowest BCUT2D eigenvalue weighted by atomic mass is 10.1. The van der Waals surface area contributed by atoms with Crippen molar-refractivity contribution in [2.45, 2.75) is 31.4 Å². The van der Waals surface area contributed by atoms with E-state index in [1.165, 1.54) is 0 Å². The Morgan fingerprint density at radius 3 is 2.84 bits per heavy atom. The number of rotatable bonds is 5. The van der Waals surface area contributed by atoms with Gasteiger partial charge in [-0.15, -0.1) is 0 Å². The first kappa shape index (κ1) is 13.8. The molecule has 6 heteroatoms. The van der Waals surface area contributed by atoms with Crippen LogP contribution in [0.3, 0.4) is 0 Å². The molecule has 2 rings (SSSR count). The van der Waals surface area contributed by atoms with Crippen LogP contribution in [0.4, 0.5) is 0 Å². The zero-order valence-corrected chi connectivity index (χ0v) is 10.7. The quantitative estimate of drug-likeness (QED) is 0.702. The Kier molecular flexibility index (Phi) is 4.70. The van der Waals surface area contributed by atoms with Gasteiger partial charge in [0.2, 0.25) is 5.88 Å². The van der Waals surface area contributed by atoms with Crippen LogP contribution in [0.5, 0.6) is 5.88 Å². The number of piperidine rings is 1. The van der Waals surface area contributed by atoms with Crippen molar-refractivity contribution >= 4 is 5.97 Å². The highest BCUT2D eigenvalue weighted by molar-refractivity contribution is 5.73. The standard InChI is InChI=1S/C13H19N3O3/c14-11(13(17)18)7-9-1-2-12(16-8-9)19-10-3-5-15-6-4-10/h1-2,8,10-11,15H,3-7,14H2,(H,17,18)/t11-/m0/s1. The topological polar surface area (TPSA) is 97.5 Å². The number of aromatic nitrogens is 1. The minimum Gasteiger partial charge on any atom is -0.480 e. The SMILES string of the molecule is N[C@@H](Cc1ccc(OC2CCNCC2)nc1)C(=O)O. The molecule has 1 fully saturated rings. The maximum atomic E-state index is 10.7. The maximum absolute atomic E-state index is 10.7. The third-order valence-electron chi connectivity index (χ3n) is 3.14. The molecule has 2 heterocycles. The first-order valence-corrected chi connectivity index (χ1v) is 6.46. The molecule has 0 unspecified atom stereocenters. The van der Waals surface area contributed by atoms with Crippen LogP contribution in [0.1, 0.15) is 18.4 Å². The van der Waals surface area contributed by atoms with E-state index in [9.17, 15) is 4.79 Å². The van der Waals surface area contributed by atoms with Crippen LogP contribution in [0.2, 0.25) is 0 Å². The summed E-state index contributed by atoms with van der Waals surface area (Å²) >= 11 is 0. The highest BCUT2D eigenvalue weighted by Gasteiger charge is 2.15. The monoisotopic (exact) mass is 265 g/mol. The average molecular weight is 265 g/mol. The van der Waals surface area contributed by atoms with E-state index in [1.54, 1.807) is 12.3 Å². The van der Waals surface area contributed by atoms with Gasteiger partial charge in [-0.05, 0) is 37.9 Å². The lowest BCUT2D eigenvalue weighted by Gasteiger charge is -2.23. The van der Waals surface area contributed by atoms with E-state index >= 15 is 0 Å². The van der Waals surface area contributed by atoms with Crippen LogP contribution in [0.15, 0.2) is 18.3 Å². The zero-order chi connectivity index (χ0) is 13.7. The molecule has 0 saturated carbocycles. The minimum absolute atomic E-state index is 0.209. The van der Waals surface area contributed by atoms with E-state index in [4.69, 9.17) is 15.6 Å². The number of aliphatic carboxylic acids is 1. The van der Waals surface area contributed by atoms with Gasteiger partial charge in [-0.2, -0.15) is 0 Å². The van der Waals surface area contributed by atoms with Crippen LogP contribution >= 0.6 is 0 Å². The summed E-state index contributed by atoms with van der Waals surface area (Å²) in [6.07, 6.45) is 4.07. The smallest absolute Gasteiger partial charge is 0.320 e. The molecule has 0 aromatic carbocycles. The van der Waals surface area contributed by atoms with Crippen LogP contribution in [-0.2, 0) is 11.2 Å². The number of nitrogens with one attached hydrogen (secondary N) is 1. The Morgan fingerprint density at radius 2 is 2.26 bits per heavy atom. The molecule has 0 bridgehead atoms. The molecule has 104 valence electrons. The molecule has 1 aromatic heterocycles. The van der Waals surface area contributed by atoms with E-state index in [0.29, 0.717) is 5.88 Å². The second kappa shape index (κ2) is 6.49. The van der Waals surface area contributed by atoms with E-state index in [1.807, 2.05) is 6.07 Å². The van der Waals surface area contributed by atoms with Crippen molar-refractivity contribution in [3.8, 4) is 5.88 Å². The van der Waals surface area contributed by atoms with E-state index < -0.39 is 12.0 Å². The maximum Gasteiger partial charge on any atom is 0.320 e. The molecule has 0 aliphatic carbocycles. The Hall–Kier alpha value is -1.66. The number of ether oxygens (including phenoxy) is 1. The van der Waals surface area contributed by atoms with Crippen molar-refractivity contribution < 1.29 is 14.6 Å². The van der Waals surface area contributed by atoms with Gasteiger partial charge >= 0.3 is 5.97 Å². The van der Waals surface area contributed by atoms with Crippen LogP contribution in [0.25, 0.3) is 0 Å². The first-order valence-electron chi connectivity index (χ1n) is 6.46. The van der Waals surface area contributed by atoms with Gasteiger partial charge in [-0.1, -0.05) is 6.07 Å². The largest absolute Gasteiger partial charge is 0.480 e. The summed E-state index contributed by atoms with van der Waals surface area (Å²) in [4.78, 5) is 14.9. The summed E-state index contributed by atoms with van der Waals surface area (Å²) < 4.78 is 5.76. The molecule has 1 aliphatic rings. The lowest BCUT2D eigenvalue weighted by molar-refractivity contribution is -0.138. The fourth-order valence-corrected chi connectivity index (χ4v) is 2.03. The molecule has 1 aromatic rings. The number of hydrogen-bond donors (Lipinski definition) is 3. The van der Waals surface area contributed by atoms with Crippen molar-refractivity contribution in [3.05, 3.63) is 23.9 Å². The van der Waals surface area contributed by atoms with E-state index in [0.717, 1.165) is 31.5 Å². The Labute approximate surface area is 112 Å². The molecule has 0 radical (unpaired) electrons. The van der Waals surface area contributed by atoms with Crippen molar-refractivity contribution in [2.24, 2.45) is 5.73 Å². The summed E-state index contributed by atoms with van der Waals surface area (Å²) in [5.74, 6) is -0.422. The van der Waals surface area contributed by atoms with Crippen molar-refractivity contribution in [1.82, 2.24) is 10.3 Å². The molecule has 1 aliphatic heterocycles. The van der Waals surface area contributed by atoms with Crippen LogP contribution in [0, 0.1) is 0 Å². The van der Waals surface area contributed by atoms with Gasteiger partial charge in [0, 0.05) is 12.3 Å². The summed E-state index contributed by atoms with van der Waals surface area (Å²) in [7, 11) is 0. The van der Waals surface area contributed by atoms with Gasteiger partial charge in [0.05, 0.1) is 0 Å². The third kappa shape index (κ3) is 4.18. The molecule has 1 atom stereocenters. The predicted molar refractivity (Wildman–Crippen MR) is 70.1 cm³/mol. The molecule has 0 spiro atoms. The van der Waals surface area contributed by atoms with Crippen LogP contribution < -0.4 is 15.8 Å². The molecule has 4 N–H and O–H groups in total. The number of nitrogens with zero attached hydrogens (tertiary/aromatic N) is 1. The molecule has 6 nitrogen and oxygen atoms in total. The second-order valence-electron chi connectivity index (χ2n) is 4.72. The number of carboxylic acids is 1. The van der Waals surface area contributed by atoms with Gasteiger partial charge in [0.1, 0.15) is 12.1 Å². The summed E-state index contributed by atoms with van der Waals surface area (Å²) in [6.45, 7) is 1.94. The fourth-order valence-electron chi connectivity index (χ4n) is 2.03. The highest BCUT2D eigenvalue weighted by atomic mass is 16.5. The third-order valence-corrected chi connectivity index (χ3v) is 3.14. The van der Waals surface area contributed by atoms with Gasteiger partial charge in [-0.25, -0.2) is 4.98 Å². The highest BCUT2D eigenvalue weighted by Crippen LogP contribution is 2.14. The Balaban J connectivity index is 1.88. The van der Waals surface area contributed by atoms with Crippen molar-refractivity contribution in [1.29, 1.82) is 0 Å². The normalized spacial score (nSPS) is 17.9. The van der Waals surface area contributed by atoms with Crippen molar-refractivity contribution in [2.75, 3.05) is 13.1 Å². The number of pyridine rings is 1. The van der Waals surface area contributed by atoms with Gasteiger partial charge in [0.25, 0.3) is 0 Å². The first-order chi connectivity index (χ1) is 9.15. The van der Waals surface area contributed by atoms with E-state index in [-0.39, 0.29) is 12.5 Å². The predicted octanol–water partition coefficient (Wildman–Crippen LogP) is 0.167. The Morgan fingerprint density at radius 1 is 1.53 bits per heavy atom. The fraction of sp³-hybridized carbons (Fsp3) is 0.538. The molecular formula is C13H19N3O3. The van der Waals surface area contributed by atoms with E-state index in [2.05, 4.69) is 10.3 Å². The summed E-state index contributed by atoms with van der Waals surface area (Å²) in [5.41, 5.74) is 6.27. The van der Waals surface area contributed by atoms with Gasteiger partial charge < -0.3 is 20.9 Å². The Bertz CT molecular complexity index is 416. The number of hydrogen-bond acceptors (Lipinski definition) is 5. The summed E-state index contributed by atoms with van der Waals surface area (Å²) in [6, 6.07) is 2.69. The number of nitrogens with two attached hydrogens (primary N) is 1. The number of carbonyl (C=O) groups is 1. The number of carboxylic acid groups (broad SMARTS) is 1. The van der Waals surface area contributed by atoms with Crippen LogP contribution in [-0.4, -0.2) is 41.3 Å².